The number of amides is 1. The van der Waals surface area contributed by atoms with E-state index in [0.717, 1.165) is 37.8 Å². The van der Waals surface area contributed by atoms with Gasteiger partial charge in [0.05, 0.1) is 17.3 Å². The maximum atomic E-state index is 13.3. The van der Waals surface area contributed by atoms with Gasteiger partial charge >= 0.3 is 0 Å². The van der Waals surface area contributed by atoms with Crippen LogP contribution in [0.4, 0.5) is 5.69 Å². The lowest BCUT2D eigenvalue weighted by Gasteiger charge is -2.67. The van der Waals surface area contributed by atoms with Crippen LogP contribution in [0, 0.1) is 17.8 Å². The van der Waals surface area contributed by atoms with Crippen LogP contribution in [0.3, 0.4) is 0 Å². The summed E-state index contributed by atoms with van der Waals surface area (Å²) in [4.78, 5) is 13.3. The van der Waals surface area contributed by atoms with Gasteiger partial charge in [0.1, 0.15) is 5.54 Å². The van der Waals surface area contributed by atoms with E-state index in [1.165, 1.54) is 10.8 Å². The third-order valence-corrected chi connectivity index (χ3v) is 7.94. The number of nitrogens with zero attached hydrogens (tertiary/aromatic N) is 2. The maximum Gasteiger partial charge on any atom is 0.268 e. The third kappa shape index (κ3) is 2.07. The lowest BCUT2D eigenvalue weighted by Crippen LogP contribution is -2.81. The molecule has 1 amide bonds. The standard InChI is InChI=1S/C24H28N2O2/c1-23(2)22(27)25(21-17-10-15-11-18(21)14-24(28,12-15)13-17)26(23)20-9-5-7-16-6-3-4-8-19(16)20/h3-9,15,17-18,21,28H,10-14H2,1-2H3/t15?,17?,18?,21-,24-. The second kappa shape index (κ2) is 5.29. The minimum atomic E-state index is -0.532. The summed E-state index contributed by atoms with van der Waals surface area (Å²) in [5.74, 6) is 1.72. The van der Waals surface area contributed by atoms with Gasteiger partial charge in [-0.2, -0.15) is 0 Å². The number of fused-ring (bicyclic) bond motifs is 1. The molecule has 1 heterocycles. The summed E-state index contributed by atoms with van der Waals surface area (Å²) in [6.45, 7) is 4.08. The van der Waals surface area contributed by atoms with Gasteiger partial charge in [-0.1, -0.05) is 36.4 Å². The van der Waals surface area contributed by atoms with E-state index in [1.54, 1.807) is 0 Å². The first kappa shape index (κ1) is 16.8. The average Bonchev–Trinajstić information content (AvgIpc) is 2.65. The molecule has 4 nitrogen and oxygen atoms in total. The first-order chi connectivity index (χ1) is 13.4. The molecule has 2 aromatic rings. The van der Waals surface area contributed by atoms with Crippen LogP contribution < -0.4 is 5.01 Å². The number of carbonyl (C=O) groups excluding carboxylic acids is 1. The van der Waals surface area contributed by atoms with Crippen molar-refractivity contribution in [1.82, 2.24) is 5.01 Å². The number of hydrogen-bond donors (Lipinski definition) is 1. The van der Waals surface area contributed by atoms with E-state index < -0.39 is 11.1 Å². The van der Waals surface area contributed by atoms with Gasteiger partial charge in [-0.3, -0.25) is 9.80 Å². The minimum Gasteiger partial charge on any atom is -0.390 e. The number of benzene rings is 2. The van der Waals surface area contributed by atoms with Crippen LogP contribution in [0.25, 0.3) is 10.8 Å². The molecule has 4 heteroatoms. The van der Waals surface area contributed by atoms with Crippen LogP contribution in [-0.2, 0) is 4.79 Å². The number of hydrogen-bond acceptors (Lipinski definition) is 3. The summed E-state index contributed by atoms with van der Waals surface area (Å²) in [6, 6.07) is 15.0. The van der Waals surface area contributed by atoms with E-state index in [2.05, 4.69) is 52.5 Å². The molecule has 1 aliphatic heterocycles. The van der Waals surface area contributed by atoms with Crippen LogP contribution in [0.1, 0.15) is 46.0 Å². The van der Waals surface area contributed by atoms with Crippen molar-refractivity contribution in [3.63, 3.8) is 0 Å². The third-order valence-electron chi connectivity index (χ3n) is 7.94. The van der Waals surface area contributed by atoms with Crippen LogP contribution in [0.2, 0.25) is 0 Å². The average molecular weight is 377 g/mol. The Morgan fingerprint density at radius 2 is 1.64 bits per heavy atom. The summed E-state index contributed by atoms with van der Waals surface area (Å²) in [7, 11) is 0. The van der Waals surface area contributed by atoms with Crippen molar-refractivity contribution in [1.29, 1.82) is 0 Å². The first-order valence-electron chi connectivity index (χ1n) is 10.7. The Kier molecular flexibility index (Phi) is 3.18. The Morgan fingerprint density at radius 3 is 2.36 bits per heavy atom. The fourth-order valence-electron chi connectivity index (χ4n) is 7.12. The molecule has 146 valence electrons. The van der Waals surface area contributed by atoms with E-state index in [1.807, 2.05) is 13.8 Å². The lowest BCUT2D eigenvalue weighted by atomic mass is 9.52. The molecule has 4 bridgehead atoms. The molecule has 0 spiro atoms. The van der Waals surface area contributed by atoms with Crippen LogP contribution in [0.15, 0.2) is 42.5 Å². The molecule has 4 saturated carbocycles. The van der Waals surface area contributed by atoms with Crippen molar-refractivity contribution in [2.24, 2.45) is 17.8 Å². The lowest BCUT2D eigenvalue weighted by molar-refractivity contribution is -0.190. The van der Waals surface area contributed by atoms with Crippen molar-refractivity contribution in [2.45, 2.75) is 63.1 Å². The Morgan fingerprint density at radius 1 is 0.964 bits per heavy atom. The molecular weight excluding hydrogens is 348 g/mol. The van der Waals surface area contributed by atoms with Crippen molar-refractivity contribution in [2.75, 3.05) is 5.01 Å². The van der Waals surface area contributed by atoms with Crippen molar-refractivity contribution >= 4 is 22.4 Å². The highest BCUT2D eigenvalue weighted by molar-refractivity contribution is 6.03. The van der Waals surface area contributed by atoms with Crippen LogP contribution in [-0.4, -0.2) is 33.2 Å². The van der Waals surface area contributed by atoms with E-state index in [4.69, 9.17) is 0 Å². The van der Waals surface area contributed by atoms with Gasteiger partial charge in [-0.15, -0.1) is 0 Å². The molecule has 5 fully saturated rings. The molecule has 0 aromatic heterocycles. The van der Waals surface area contributed by atoms with Crippen LogP contribution in [0.5, 0.6) is 0 Å². The van der Waals surface area contributed by atoms with E-state index in [-0.39, 0.29) is 11.9 Å². The molecule has 5 aliphatic rings. The van der Waals surface area contributed by atoms with Gasteiger partial charge < -0.3 is 5.11 Å². The van der Waals surface area contributed by atoms with Crippen molar-refractivity contribution in [3.8, 4) is 0 Å². The van der Waals surface area contributed by atoms with Gasteiger partial charge in [-0.05, 0) is 75.2 Å². The zero-order valence-electron chi connectivity index (χ0n) is 16.6. The SMILES string of the molecule is CC1(C)C(=O)N([C@H]2C3CC4CC2C[C@](O)(C4)C3)N1c1cccc2ccccc12. The van der Waals surface area contributed by atoms with Gasteiger partial charge in [0.25, 0.3) is 5.91 Å². The molecule has 7 rings (SSSR count). The summed E-state index contributed by atoms with van der Waals surface area (Å²) in [5.41, 5.74) is 0.117. The van der Waals surface area contributed by atoms with E-state index in [9.17, 15) is 9.90 Å². The Labute approximate surface area is 166 Å². The molecule has 1 saturated heterocycles. The highest BCUT2D eigenvalue weighted by Crippen LogP contribution is 2.59. The molecule has 2 unspecified atom stereocenters. The fourth-order valence-corrected chi connectivity index (χ4v) is 7.12. The van der Waals surface area contributed by atoms with Gasteiger partial charge in [0.2, 0.25) is 0 Å². The molecule has 2 aromatic carbocycles. The highest BCUT2D eigenvalue weighted by Gasteiger charge is 2.63. The topological polar surface area (TPSA) is 43.8 Å². The normalized spacial score (nSPS) is 38.2. The first-order valence-corrected chi connectivity index (χ1v) is 10.7. The molecule has 0 radical (unpaired) electrons. The van der Waals surface area contributed by atoms with Crippen molar-refractivity contribution < 1.29 is 9.90 Å². The van der Waals surface area contributed by atoms with Crippen molar-refractivity contribution in [3.05, 3.63) is 42.5 Å². The Balaban J connectivity index is 1.44. The predicted molar refractivity (Wildman–Crippen MR) is 110 cm³/mol. The second-order valence-corrected chi connectivity index (χ2v) is 10.2. The number of anilines is 1. The smallest absolute Gasteiger partial charge is 0.268 e. The number of rotatable bonds is 2. The molecule has 1 N–H and O–H groups in total. The number of carbonyl (C=O) groups is 1. The monoisotopic (exact) mass is 376 g/mol. The summed E-state index contributed by atoms with van der Waals surface area (Å²) in [5, 5.41) is 17.7. The molecule has 2 atom stereocenters. The second-order valence-electron chi connectivity index (χ2n) is 10.2. The molecule has 4 aliphatic carbocycles. The number of aliphatic hydroxyl groups is 1. The molecule has 28 heavy (non-hydrogen) atoms. The van der Waals surface area contributed by atoms with Gasteiger partial charge in [0.15, 0.2) is 0 Å². The molecular formula is C24H28N2O2. The quantitative estimate of drug-likeness (QED) is 0.857. The summed E-state index contributed by atoms with van der Waals surface area (Å²) >= 11 is 0. The highest BCUT2D eigenvalue weighted by atomic mass is 16.3. The summed E-state index contributed by atoms with van der Waals surface area (Å²) < 4.78 is 0. The minimum absolute atomic E-state index is 0.227. The van der Waals surface area contributed by atoms with E-state index >= 15 is 0 Å². The maximum absolute atomic E-state index is 13.3. The number of hydrazine groups is 1. The predicted octanol–water partition coefficient (Wildman–Crippen LogP) is 4.12. The van der Waals surface area contributed by atoms with Gasteiger partial charge in [0, 0.05) is 5.39 Å². The van der Waals surface area contributed by atoms with Crippen LogP contribution >= 0.6 is 0 Å². The largest absolute Gasteiger partial charge is 0.390 e. The fraction of sp³-hybridized carbons (Fsp3) is 0.542. The zero-order valence-corrected chi connectivity index (χ0v) is 16.6. The van der Waals surface area contributed by atoms with Gasteiger partial charge in [-0.25, -0.2) is 5.01 Å². The Bertz CT molecular complexity index is 962. The van der Waals surface area contributed by atoms with E-state index in [0.29, 0.717) is 17.8 Å². The summed E-state index contributed by atoms with van der Waals surface area (Å²) in [6.07, 6.45) is 5.02. The zero-order chi connectivity index (χ0) is 19.3. The Hall–Kier alpha value is -2.07.